The average Bonchev–Trinajstić information content (AvgIpc) is 4.19. The molecule has 7 aromatic carbocycles. The van der Waals surface area contributed by atoms with Crippen LogP contribution in [0.1, 0.15) is 160 Å². The van der Waals surface area contributed by atoms with Crippen LogP contribution in [0.25, 0.3) is 44.4 Å². The number of rotatable bonds is 11. The monoisotopic (exact) mass is 1190 g/mol. The molecule has 0 bridgehead atoms. The van der Waals surface area contributed by atoms with E-state index in [1.54, 1.807) is 0 Å². The number of hydrogen-bond donors (Lipinski definition) is 0. The summed E-state index contributed by atoms with van der Waals surface area (Å²) >= 11 is 0. The molecule has 9 aromatic rings. The van der Waals surface area contributed by atoms with Gasteiger partial charge in [0.1, 0.15) is 5.82 Å². The number of fused-ring (bicyclic) bond motifs is 3. The predicted molar refractivity (Wildman–Crippen MR) is 321 cm³/mol. The van der Waals surface area contributed by atoms with Gasteiger partial charge < -0.3 is 19.1 Å². The molecule has 0 radical (unpaired) electrons. The summed E-state index contributed by atoms with van der Waals surface area (Å²) < 4.78 is 9.62. The van der Waals surface area contributed by atoms with Crippen LogP contribution in [-0.2, 0) is 42.7 Å². The zero-order chi connectivity index (χ0) is 54.1. The zero-order valence-electron chi connectivity index (χ0n) is 47.8. The molecule has 6 heteroatoms. The van der Waals surface area contributed by atoms with Gasteiger partial charge in [-0.1, -0.05) is 218 Å². The van der Waals surface area contributed by atoms with Crippen LogP contribution in [0.3, 0.4) is 0 Å². The van der Waals surface area contributed by atoms with Crippen LogP contribution in [-0.4, -0.2) is 9.55 Å². The maximum atomic E-state index is 7.35. The van der Waals surface area contributed by atoms with E-state index >= 15 is 0 Å². The van der Waals surface area contributed by atoms with Crippen LogP contribution in [0.2, 0.25) is 0 Å². The molecule has 3 heterocycles. The minimum atomic E-state index is -0.439. The van der Waals surface area contributed by atoms with Crippen LogP contribution in [0.15, 0.2) is 164 Å². The van der Waals surface area contributed by atoms with Crippen molar-refractivity contribution in [3.05, 3.63) is 227 Å². The van der Waals surface area contributed by atoms with Crippen molar-refractivity contribution in [1.29, 1.82) is 0 Å². The van der Waals surface area contributed by atoms with Gasteiger partial charge in [0, 0.05) is 61.2 Å². The summed E-state index contributed by atoms with van der Waals surface area (Å²) in [6.07, 6.45) is 4.27. The van der Waals surface area contributed by atoms with Crippen molar-refractivity contribution in [3.63, 3.8) is 0 Å². The van der Waals surface area contributed by atoms with E-state index in [1.165, 1.54) is 38.9 Å². The third kappa shape index (κ3) is 10.8. The molecule has 0 saturated heterocycles. The molecule has 0 N–H and O–H groups in total. The van der Waals surface area contributed by atoms with Crippen molar-refractivity contribution in [1.82, 2.24) is 9.55 Å². The number of pyridine rings is 1. The van der Waals surface area contributed by atoms with Crippen molar-refractivity contribution in [2.75, 3.05) is 9.80 Å². The molecule has 0 atom stereocenters. The van der Waals surface area contributed by atoms with Gasteiger partial charge >= 0.3 is 0 Å². The smallest absolute Gasteiger partial charge is 0.135 e. The largest absolute Gasteiger partial charge is 0.509 e. The molecule has 1 aliphatic rings. The van der Waals surface area contributed by atoms with Crippen molar-refractivity contribution in [2.24, 2.45) is 0 Å². The number of para-hydroxylation sites is 1. The molecule has 398 valence electrons. The van der Waals surface area contributed by atoms with Crippen LogP contribution in [0, 0.1) is 18.8 Å². The van der Waals surface area contributed by atoms with Crippen LogP contribution in [0.5, 0.6) is 11.5 Å². The van der Waals surface area contributed by atoms with E-state index in [0.717, 1.165) is 61.4 Å². The zero-order valence-corrected chi connectivity index (χ0v) is 50.1. The second-order valence-electron chi connectivity index (χ2n) is 25.2. The van der Waals surface area contributed by atoms with Gasteiger partial charge in [0.15, 0.2) is 0 Å². The van der Waals surface area contributed by atoms with E-state index in [2.05, 4.69) is 295 Å². The first-order valence-electron chi connectivity index (χ1n) is 27.2. The maximum absolute atomic E-state index is 7.35. The van der Waals surface area contributed by atoms with Gasteiger partial charge in [0.25, 0.3) is 0 Å². The first kappa shape index (κ1) is 55.1. The van der Waals surface area contributed by atoms with Gasteiger partial charge in [-0.15, -0.1) is 53.8 Å². The van der Waals surface area contributed by atoms with E-state index in [0.29, 0.717) is 11.5 Å². The van der Waals surface area contributed by atoms with E-state index in [4.69, 9.17) is 9.72 Å². The first-order valence-corrected chi connectivity index (χ1v) is 27.2. The van der Waals surface area contributed by atoms with Crippen LogP contribution in [0.4, 0.5) is 11.4 Å². The first-order chi connectivity index (χ1) is 36.0. The Morgan fingerprint density at radius 1 is 0.545 bits per heavy atom. The standard InChI is InChI=1S/C71H75N4O.Pt/c1-46(2)58-30-24-31-59(47(3)4)66(58)64-44-73(54-38-52(69(8,9)10)37-53(39-54)70(11,12)13)45-74(64)55-35-49(48-25-18-16-19-26-48)36-56(41-55)76-57-42-61(71(14,15)50-27-20-17-21-28-50)67-60-29-22-23-32-62(60)75(63(67)43-57)65-40-51(33-34-72-65)68(5,6)7;/h16-40,42,44-47H,1-15H3;/q-3;. The summed E-state index contributed by atoms with van der Waals surface area (Å²) in [5.41, 5.74) is 16.5. The van der Waals surface area contributed by atoms with Crippen molar-refractivity contribution < 1.29 is 25.8 Å². The summed E-state index contributed by atoms with van der Waals surface area (Å²) in [4.78, 5) is 9.73. The maximum Gasteiger partial charge on any atom is 0.135 e. The topological polar surface area (TPSA) is 33.5 Å². The Balaban J connectivity index is 0.00000722. The normalized spacial score (nSPS) is 13.5. The SMILES string of the molecule is CC(C)c1cccc(C(C)C)c1C1=CN(c2cc(C(C)(C)C)cc(C(C)(C)C)c2)[CH-]N1c1[c-]c(Oc2[c-]c3c(c(C(C)(C)c4ccccc4)c2)c2ccccc2n3-c2cc(C(C)(C)C)ccn2)cc(-c2ccccc2)c1.[Pt]. The fourth-order valence-electron chi connectivity index (χ4n) is 10.8. The van der Waals surface area contributed by atoms with Crippen molar-refractivity contribution in [2.45, 2.75) is 137 Å². The Morgan fingerprint density at radius 3 is 1.74 bits per heavy atom. The molecule has 77 heavy (non-hydrogen) atoms. The van der Waals surface area contributed by atoms with Gasteiger partial charge in [-0.05, 0) is 114 Å². The van der Waals surface area contributed by atoms with Gasteiger partial charge in [-0.25, -0.2) is 4.98 Å². The second kappa shape index (κ2) is 20.9. The Labute approximate surface area is 474 Å². The number of benzene rings is 7. The van der Waals surface area contributed by atoms with Gasteiger partial charge in [0.05, 0.1) is 0 Å². The van der Waals surface area contributed by atoms with E-state index < -0.39 is 5.41 Å². The van der Waals surface area contributed by atoms with E-state index in [-0.39, 0.29) is 49.1 Å². The molecule has 5 nitrogen and oxygen atoms in total. The molecule has 2 aromatic heterocycles. The van der Waals surface area contributed by atoms with Gasteiger partial charge in [0.2, 0.25) is 0 Å². The van der Waals surface area contributed by atoms with Gasteiger partial charge in [-0.3, -0.25) is 0 Å². The fourth-order valence-corrected chi connectivity index (χ4v) is 10.8. The van der Waals surface area contributed by atoms with Gasteiger partial charge in [-0.2, -0.15) is 0 Å². The molecular formula is C71H75N4OPt-3. The van der Waals surface area contributed by atoms with E-state index in [9.17, 15) is 0 Å². The molecule has 0 amide bonds. The molecule has 1 aliphatic heterocycles. The summed E-state index contributed by atoms with van der Waals surface area (Å²) in [7, 11) is 0. The molecule has 10 rings (SSSR count). The van der Waals surface area contributed by atoms with Crippen LogP contribution < -0.4 is 14.5 Å². The number of nitrogens with zero attached hydrogens (tertiary/aromatic N) is 4. The summed E-state index contributed by atoms with van der Waals surface area (Å²) in [5.74, 6) is 2.58. The Hall–Kier alpha value is -6.68. The third-order valence-corrected chi connectivity index (χ3v) is 15.4. The molecule has 0 saturated carbocycles. The summed E-state index contributed by atoms with van der Waals surface area (Å²) in [6, 6.07) is 62.8. The fraction of sp³-hybridized carbons (Fsp3) is 0.296. The molecule has 0 unspecified atom stereocenters. The third-order valence-electron chi connectivity index (χ3n) is 15.4. The second-order valence-corrected chi connectivity index (χ2v) is 25.2. The Morgan fingerprint density at radius 2 is 1.13 bits per heavy atom. The minimum Gasteiger partial charge on any atom is -0.509 e. The number of ether oxygens (including phenoxy) is 1. The molecule has 0 fully saturated rings. The Bertz CT molecular complexity index is 3580. The number of anilines is 2. The summed E-state index contributed by atoms with van der Waals surface area (Å²) in [5, 5.41) is 2.26. The quantitative estimate of drug-likeness (QED) is 0.121. The predicted octanol–water partition coefficient (Wildman–Crippen LogP) is 19.1. The number of aromatic nitrogens is 2. The average molecular weight is 1200 g/mol. The molecule has 0 aliphatic carbocycles. The van der Waals surface area contributed by atoms with E-state index in [1.807, 2.05) is 6.20 Å². The minimum absolute atomic E-state index is 0. The van der Waals surface area contributed by atoms with Crippen molar-refractivity contribution in [3.8, 4) is 28.4 Å². The van der Waals surface area contributed by atoms with Crippen molar-refractivity contribution >= 4 is 38.9 Å². The Kier molecular flexibility index (Phi) is 15.0. The number of hydrogen-bond acceptors (Lipinski definition) is 4. The molecule has 0 spiro atoms. The summed E-state index contributed by atoms with van der Waals surface area (Å²) in [6.45, 7) is 36.7. The van der Waals surface area contributed by atoms with Crippen LogP contribution >= 0.6 is 0 Å². The molecular weight excluding hydrogens is 1120 g/mol.